The monoisotopic (exact) mass is 253 g/mol. The molecule has 0 radical (unpaired) electrons. The Hall–Kier alpha value is -0.0800. The highest BCUT2D eigenvalue weighted by atomic mass is 16.5. The second kappa shape index (κ2) is 6.91. The highest BCUT2D eigenvalue weighted by molar-refractivity contribution is 4.99. The van der Waals surface area contributed by atoms with Gasteiger partial charge in [0.15, 0.2) is 0 Å². The second-order valence-electron chi connectivity index (χ2n) is 6.31. The zero-order chi connectivity index (χ0) is 12.8. The van der Waals surface area contributed by atoms with Gasteiger partial charge in [-0.25, -0.2) is 0 Å². The van der Waals surface area contributed by atoms with E-state index in [-0.39, 0.29) is 5.60 Å². The quantitative estimate of drug-likeness (QED) is 0.743. The first-order chi connectivity index (χ1) is 8.80. The van der Waals surface area contributed by atoms with Crippen molar-refractivity contribution >= 4 is 0 Å². The number of ether oxygens (including phenoxy) is 1. The maximum absolute atomic E-state index is 5.87. The zero-order valence-corrected chi connectivity index (χ0v) is 12.3. The van der Waals surface area contributed by atoms with Crippen LogP contribution in [0.25, 0.3) is 0 Å². The summed E-state index contributed by atoms with van der Waals surface area (Å²) in [6, 6.07) is 0.586. The molecule has 0 bridgehead atoms. The van der Waals surface area contributed by atoms with Crippen molar-refractivity contribution < 1.29 is 4.74 Å². The number of hydrogen-bond donors (Lipinski definition) is 1. The molecule has 2 nitrogen and oxygen atoms in total. The molecule has 2 saturated carbocycles. The molecule has 0 aromatic heterocycles. The van der Waals surface area contributed by atoms with Crippen molar-refractivity contribution in [3.63, 3.8) is 0 Å². The fourth-order valence-electron chi connectivity index (χ4n) is 3.90. The fourth-order valence-corrected chi connectivity index (χ4v) is 3.90. The molecule has 0 aromatic carbocycles. The van der Waals surface area contributed by atoms with Crippen LogP contribution in [0.15, 0.2) is 0 Å². The van der Waals surface area contributed by atoms with E-state index < -0.39 is 0 Å². The molecule has 2 aliphatic carbocycles. The largest absolute Gasteiger partial charge is 0.377 e. The van der Waals surface area contributed by atoms with Crippen LogP contribution in [0.3, 0.4) is 0 Å². The van der Waals surface area contributed by atoms with Crippen molar-refractivity contribution in [2.45, 2.75) is 82.8 Å². The van der Waals surface area contributed by atoms with Gasteiger partial charge >= 0.3 is 0 Å². The van der Waals surface area contributed by atoms with Crippen LogP contribution in [0.5, 0.6) is 0 Å². The van der Waals surface area contributed by atoms with Gasteiger partial charge in [-0.15, -0.1) is 0 Å². The Morgan fingerprint density at radius 3 is 2.39 bits per heavy atom. The Kier molecular flexibility index (Phi) is 5.50. The van der Waals surface area contributed by atoms with Crippen molar-refractivity contribution in [3.8, 4) is 0 Å². The van der Waals surface area contributed by atoms with Crippen LogP contribution in [-0.2, 0) is 4.74 Å². The summed E-state index contributed by atoms with van der Waals surface area (Å²) in [7, 11) is 1.91. The zero-order valence-electron chi connectivity index (χ0n) is 12.3. The van der Waals surface area contributed by atoms with Crippen LogP contribution in [0.1, 0.15) is 71.1 Å². The van der Waals surface area contributed by atoms with Crippen molar-refractivity contribution in [3.05, 3.63) is 0 Å². The number of nitrogens with one attached hydrogen (secondary N) is 1. The van der Waals surface area contributed by atoms with Crippen LogP contribution >= 0.6 is 0 Å². The molecule has 2 aliphatic rings. The van der Waals surface area contributed by atoms with E-state index in [1.54, 1.807) is 0 Å². The summed E-state index contributed by atoms with van der Waals surface area (Å²) < 4.78 is 5.87. The Morgan fingerprint density at radius 1 is 1.17 bits per heavy atom. The lowest BCUT2D eigenvalue weighted by atomic mass is 9.72. The average Bonchev–Trinajstić information content (AvgIpc) is 2.36. The van der Waals surface area contributed by atoms with Crippen molar-refractivity contribution in [1.29, 1.82) is 0 Å². The molecule has 2 rings (SSSR count). The summed E-state index contributed by atoms with van der Waals surface area (Å²) in [5.74, 6) is 0.994. The molecule has 18 heavy (non-hydrogen) atoms. The Labute approximate surface area is 113 Å². The number of rotatable bonds is 7. The first kappa shape index (κ1) is 14.3. The van der Waals surface area contributed by atoms with Gasteiger partial charge in [0.2, 0.25) is 0 Å². The molecule has 0 spiro atoms. The molecule has 0 saturated heterocycles. The lowest BCUT2D eigenvalue weighted by Crippen LogP contribution is -2.56. The van der Waals surface area contributed by atoms with Crippen molar-refractivity contribution in [2.75, 3.05) is 13.7 Å². The first-order valence-electron chi connectivity index (χ1n) is 8.09. The summed E-state index contributed by atoms with van der Waals surface area (Å²) in [6.07, 6.45) is 13.9. The third kappa shape index (κ3) is 3.27. The molecule has 2 fully saturated rings. The molecule has 1 N–H and O–H groups in total. The van der Waals surface area contributed by atoms with E-state index in [2.05, 4.69) is 12.2 Å². The smallest absolute Gasteiger partial charge is 0.0831 e. The van der Waals surface area contributed by atoms with Gasteiger partial charge in [-0.3, -0.25) is 0 Å². The van der Waals surface area contributed by atoms with Gasteiger partial charge in [-0.05, 0) is 44.6 Å². The van der Waals surface area contributed by atoms with E-state index in [1.807, 2.05) is 7.11 Å². The van der Waals surface area contributed by atoms with Gasteiger partial charge in [-0.1, -0.05) is 39.0 Å². The predicted molar refractivity (Wildman–Crippen MR) is 76.9 cm³/mol. The minimum absolute atomic E-state index is 0.171. The van der Waals surface area contributed by atoms with E-state index in [9.17, 15) is 0 Å². The maximum atomic E-state index is 5.87. The summed E-state index contributed by atoms with van der Waals surface area (Å²) in [5, 5.41) is 3.69. The first-order valence-corrected chi connectivity index (χ1v) is 8.09. The summed E-state index contributed by atoms with van der Waals surface area (Å²) >= 11 is 0. The highest BCUT2D eigenvalue weighted by Crippen LogP contribution is 2.40. The molecule has 0 amide bonds. The van der Waals surface area contributed by atoms with E-state index in [1.165, 1.54) is 64.2 Å². The third-order valence-corrected chi connectivity index (χ3v) is 5.28. The lowest BCUT2D eigenvalue weighted by Gasteiger charge is -2.47. The summed E-state index contributed by atoms with van der Waals surface area (Å²) in [4.78, 5) is 0. The second-order valence-corrected chi connectivity index (χ2v) is 6.31. The van der Waals surface area contributed by atoms with Crippen LogP contribution in [0, 0.1) is 5.92 Å². The Bertz CT molecular complexity index is 226. The molecule has 1 atom stereocenters. The van der Waals surface area contributed by atoms with Gasteiger partial charge < -0.3 is 10.1 Å². The van der Waals surface area contributed by atoms with E-state index >= 15 is 0 Å². The molecular weight excluding hydrogens is 222 g/mol. The van der Waals surface area contributed by atoms with Crippen LogP contribution in [0.2, 0.25) is 0 Å². The molecule has 106 valence electrons. The SMILES string of the molecule is CCNC(CCC1CCCCC1)C1(OC)CCC1. The molecule has 0 aliphatic heterocycles. The molecule has 1 unspecified atom stereocenters. The number of likely N-dealkylation sites (N-methyl/N-ethyl adjacent to an activating group) is 1. The summed E-state index contributed by atoms with van der Waals surface area (Å²) in [5.41, 5.74) is 0.171. The van der Waals surface area contributed by atoms with Crippen LogP contribution in [0.4, 0.5) is 0 Å². The normalized spacial score (nSPS) is 25.7. The van der Waals surface area contributed by atoms with Gasteiger partial charge in [0.25, 0.3) is 0 Å². The minimum atomic E-state index is 0.171. The number of methoxy groups -OCH3 is 1. The van der Waals surface area contributed by atoms with Gasteiger partial charge in [-0.2, -0.15) is 0 Å². The van der Waals surface area contributed by atoms with Crippen LogP contribution in [-0.4, -0.2) is 25.3 Å². The summed E-state index contributed by atoms with van der Waals surface area (Å²) in [6.45, 7) is 3.29. The standard InChI is InChI=1S/C16H31NO/c1-3-17-15(16(18-2)12-7-13-16)11-10-14-8-5-4-6-9-14/h14-15,17H,3-13H2,1-2H3. The van der Waals surface area contributed by atoms with Crippen molar-refractivity contribution in [2.24, 2.45) is 5.92 Å². The van der Waals surface area contributed by atoms with E-state index in [0.717, 1.165) is 12.5 Å². The van der Waals surface area contributed by atoms with E-state index in [4.69, 9.17) is 4.74 Å². The van der Waals surface area contributed by atoms with E-state index in [0.29, 0.717) is 6.04 Å². The predicted octanol–water partition coefficient (Wildman–Crippen LogP) is 3.89. The molecule has 0 heterocycles. The Morgan fingerprint density at radius 2 is 1.89 bits per heavy atom. The van der Waals surface area contributed by atoms with Gasteiger partial charge in [0.1, 0.15) is 0 Å². The molecule has 0 aromatic rings. The van der Waals surface area contributed by atoms with Gasteiger partial charge in [0.05, 0.1) is 5.60 Å². The maximum Gasteiger partial charge on any atom is 0.0831 e. The van der Waals surface area contributed by atoms with Crippen molar-refractivity contribution in [1.82, 2.24) is 5.32 Å². The Balaban J connectivity index is 1.81. The molecular formula is C16H31NO. The highest BCUT2D eigenvalue weighted by Gasteiger charge is 2.43. The van der Waals surface area contributed by atoms with Crippen LogP contribution < -0.4 is 5.32 Å². The molecule has 2 heteroatoms. The lowest BCUT2D eigenvalue weighted by molar-refractivity contribution is -0.101. The number of hydrogen-bond acceptors (Lipinski definition) is 2. The fraction of sp³-hybridized carbons (Fsp3) is 1.00. The topological polar surface area (TPSA) is 21.3 Å². The average molecular weight is 253 g/mol. The third-order valence-electron chi connectivity index (χ3n) is 5.28. The minimum Gasteiger partial charge on any atom is -0.377 e. The van der Waals surface area contributed by atoms with Gasteiger partial charge in [0, 0.05) is 13.2 Å².